The molecule has 25 heavy (non-hydrogen) atoms. The van der Waals surface area contributed by atoms with Crippen LogP contribution >= 0.6 is 0 Å². The van der Waals surface area contributed by atoms with Crippen molar-refractivity contribution < 1.29 is 9.47 Å². The van der Waals surface area contributed by atoms with Crippen molar-refractivity contribution in [3.63, 3.8) is 0 Å². The zero-order valence-electron chi connectivity index (χ0n) is 14.6. The Morgan fingerprint density at radius 3 is 2.72 bits per heavy atom. The van der Waals surface area contributed by atoms with Gasteiger partial charge in [0.05, 0.1) is 26.0 Å². The molecule has 0 amide bonds. The lowest BCUT2D eigenvalue weighted by molar-refractivity contribution is 0.122. The maximum Gasteiger partial charge on any atom is 0.227 e. The fourth-order valence-corrected chi connectivity index (χ4v) is 2.50. The summed E-state index contributed by atoms with van der Waals surface area (Å²) in [5, 5.41) is 4.27. The molecular formula is C18H23N5O2. The molecule has 7 nitrogen and oxygen atoms in total. The standard InChI is InChI=1S/C18H23N5O2/c1-3-25-16-6-4-15(5-7-16)13-19-22-17-12-14(2)20-18(21-17)23-8-10-24-11-9-23/h4-7,12-13H,3,8-11H2,1-2H3,(H,20,21,22)/b19-13-. The summed E-state index contributed by atoms with van der Waals surface area (Å²) in [5.74, 6) is 2.24. The molecule has 0 unspecified atom stereocenters. The minimum Gasteiger partial charge on any atom is -0.494 e. The average Bonchev–Trinajstić information content (AvgIpc) is 2.64. The van der Waals surface area contributed by atoms with E-state index in [1.165, 1.54) is 0 Å². The summed E-state index contributed by atoms with van der Waals surface area (Å²) in [6, 6.07) is 9.65. The number of hydrazone groups is 1. The Bertz CT molecular complexity index is 712. The predicted molar refractivity (Wildman–Crippen MR) is 98.6 cm³/mol. The zero-order valence-corrected chi connectivity index (χ0v) is 14.6. The van der Waals surface area contributed by atoms with Crippen molar-refractivity contribution in [2.75, 3.05) is 43.2 Å². The van der Waals surface area contributed by atoms with Gasteiger partial charge in [-0.3, -0.25) is 5.43 Å². The third kappa shape index (κ3) is 4.90. The van der Waals surface area contributed by atoms with Crippen molar-refractivity contribution >= 4 is 18.0 Å². The van der Waals surface area contributed by atoms with Crippen LogP contribution in [0.5, 0.6) is 5.75 Å². The maximum atomic E-state index is 5.43. The van der Waals surface area contributed by atoms with Gasteiger partial charge in [0.15, 0.2) is 5.82 Å². The molecule has 1 aromatic carbocycles. The maximum absolute atomic E-state index is 5.43. The second kappa shape index (κ2) is 8.43. The van der Waals surface area contributed by atoms with Gasteiger partial charge in [-0.2, -0.15) is 10.1 Å². The van der Waals surface area contributed by atoms with Gasteiger partial charge in [-0.15, -0.1) is 0 Å². The summed E-state index contributed by atoms with van der Waals surface area (Å²) >= 11 is 0. The molecule has 0 bridgehead atoms. The van der Waals surface area contributed by atoms with Crippen LogP contribution in [0.2, 0.25) is 0 Å². The van der Waals surface area contributed by atoms with Gasteiger partial charge in [0, 0.05) is 24.8 Å². The highest BCUT2D eigenvalue weighted by Gasteiger charge is 2.14. The Kier molecular flexibility index (Phi) is 5.79. The molecule has 132 valence electrons. The van der Waals surface area contributed by atoms with E-state index in [1.54, 1.807) is 6.21 Å². The number of hydrogen-bond acceptors (Lipinski definition) is 7. The molecule has 1 fully saturated rings. The Balaban J connectivity index is 1.64. The lowest BCUT2D eigenvalue weighted by atomic mass is 10.2. The summed E-state index contributed by atoms with van der Waals surface area (Å²) in [6.07, 6.45) is 1.75. The zero-order chi connectivity index (χ0) is 17.5. The van der Waals surface area contributed by atoms with Crippen molar-refractivity contribution in [2.24, 2.45) is 5.10 Å². The van der Waals surface area contributed by atoms with Crippen LogP contribution < -0.4 is 15.1 Å². The quantitative estimate of drug-likeness (QED) is 0.643. The Hall–Kier alpha value is -2.67. The molecule has 1 aliphatic rings. The molecule has 7 heteroatoms. The van der Waals surface area contributed by atoms with Crippen LogP contribution in [0.15, 0.2) is 35.4 Å². The first-order chi connectivity index (χ1) is 12.2. The molecule has 1 aliphatic heterocycles. The molecule has 2 heterocycles. The molecule has 3 rings (SSSR count). The fraction of sp³-hybridized carbons (Fsp3) is 0.389. The largest absolute Gasteiger partial charge is 0.494 e. The number of benzene rings is 1. The number of morpholine rings is 1. The number of aromatic nitrogens is 2. The van der Waals surface area contributed by atoms with E-state index in [9.17, 15) is 0 Å². The van der Waals surface area contributed by atoms with Gasteiger partial charge in [0.1, 0.15) is 5.75 Å². The molecule has 2 aromatic rings. The third-order valence-corrected chi connectivity index (χ3v) is 3.72. The van der Waals surface area contributed by atoms with E-state index >= 15 is 0 Å². The number of hydrogen-bond donors (Lipinski definition) is 1. The summed E-state index contributed by atoms with van der Waals surface area (Å²) in [4.78, 5) is 11.2. The molecule has 0 saturated carbocycles. The van der Waals surface area contributed by atoms with Gasteiger partial charge in [-0.1, -0.05) is 0 Å². The number of nitrogens with one attached hydrogen (secondary N) is 1. The minimum atomic E-state index is 0.660. The molecule has 0 radical (unpaired) electrons. The van der Waals surface area contributed by atoms with Crippen molar-refractivity contribution in [3.8, 4) is 5.75 Å². The lowest BCUT2D eigenvalue weighted by Crippen LogP contribution is -2.37. The minimum absolute atomic E-state index is 0.660. The van der Waals surface area contributed by atoms with Crippen LogP contribution in [0.1, 0.15) is 18.2 Å². The van der Waals surface area contributed by atoms with Crippen LogP contribution in [0.4, 0.5) is 11.8 Å². The normalized spacial score (nSPS) is 14.7. The number of aryl methyl sites for hydroxylation is 1. The number of rotatable bonds is 6. The van der Waals surface area contributed by atoms with Gasteiger partial charge in [0.25, 0.3) is 0 Å². The molecular weight excluding hydrogens is 318 g/mol. The van der Waals surface area contributed by atoms with Crippen LogP contribution in [0.3, 0.4) is 0 Å². The van der Waals surface area contributed by atoms with Crippen molar-refractivity contribution in [3.05, 3.63) is 41.6 Å². The first-order valence-electron chi connectivity index (χ1n) is 8.45. The van der Waals surface area contributed by atoms with Crippen molar-refractivity contribution in [1.29, 1.82) is 0 Å². The summed E-state index contributed by atoms with van der Waals surface area (Å²) in [5.41, 5.74) is 4.86. The topological polar surface area (TPSA) is 71.9 Å². The summed E-state index contributed by atoms with van der Waals surface area (Å²) < 4.78 is 10.8. The first kappa shape index (κ1) is 17.2. The van der Waals surface area contributed by atoms with Crippen LogP contribution in [0, 0.1) is 6.92 Å². The first-order valence-corrected chi connectivity index (χ1v) is 8.45. The highest BCUT2D eigenvalue weighted by molar-refractivity contribution is 5.80. The number of ether oxygens (including phenoxy) is 2. The Labute approximate surface area is 147 Å². The summed E-state index contributed by atoms with van der Waals surface area (Å²) in [6.45, 7) is 7.59. The smallest absolute Gasteiger partial charge is 0.227 e. The molecule has 1 aromatic heterocycles. The van der Waals surface area contributed by atoms with E-state index in [1.807, 2.05) is 44.2 Å². The SMILES string of the molecule is CCOc1ccc(/C=N\Nc2cc(C)nc(N3CCOCC3)n2)cc1. The molecule has 1 saturated heterocycles. The van der Waals surface area contributed by atoms with Gasteiger partial charge in [0.2, 0.25) is 5.95 Å². The van der Waals surface area contributed by atoms with E-state index in [0.29, 0.717) is 31.6 Å². The van der Waals surface area contributed by atoms with Crippen molar-refractivity contribution in [2.45, 2.75) is 13.8 Å². The average molecular weight is 341 g/mol. The number of anilines is 2. The van der Waals surface area contributed by atoms with Gasteiger partial charge in [-0.25, -0.2) is 4.98 Å². The highest BCUT2D eigenvalue weighted by Crippen LogP contribution is 2.15. The van der Waals surface area contributed by atoms with Crippen molar-refractivity contribution in [1.82, 2.24) is 9.97 Å². The van der Waals surface area contributed by atoms with E-state index in [0.717, 1.165) is 30.1 Å². The number of nitrogens with zero attached hydrogens (tertiary/aromatic N) is 4. The highest BCUT2D eigenvalue weighted by atomic mass is 16.5. The van der Waals surface area contributed by atoms with Gasteiger partial charge in [-0.05, 0) is 43.7 Å². The van der Waals surface area contributed by atoms with E-state index in [4.69, 9.17) is 9.47 Å². The van der Waals surface area contributed by atoms with E-state index in [-0.39, 0.29) is 0 Å². The Morgan fingerprint density at radius 1 is 1.24 bits per heavy atom. The Morgan fingerprint density at radius 2 is 2.00 bits per heavy atom. The second-order valence-corrected chi connectivity index (χ2v) is 5.67. The van der Waals surface area contributed by atoms with Gasteiger partial charge < -0.3 is 14.4 Å². The lowest BCUT2D eigenvalue weighted by Gasteiger charge is -2.27. The third-order valence-electron chi connectivity index (χ3n) is 3.72. The predicted octanol–water partition coefficient (Wildman–Crippen LogP) is 2.47. The second-order valence-electron chi connectivity index (χ2n) is 5.67. The van der Waals surface area contributed by atoms with E-state index < -0.39 is 0 Å². The van der Waals surface area contributed by atoms with Crippen LogP contribution in [0.25, 0.3) is 0 Å². The monoisotopic (exact) mass is 341 g/mol. The fourth-order valence-electron chi connectivity index (χ4n) is 2.50. The molecule has 1 N–H and O–H groups in total. The van der Waals surface area contributed by atoms with E-state index in [2.05, 4.69) is 25.4 Å². The van der Waals surface area contributed by atoms with Crippen LogP contribution in [-0.2, 0) is 4.74 Å². The van der Waals surface area contributed by atoms with Crippen LogP contribution in [-0.4, -0.2) is 49.1 Å². The summed E-state index contributed by atoms with van der Waals surface area (Å²) in [7, 11) is 0. The molecule has 0 aliphatic carbocycles. The van der Waals surface area contributed by atoms with Gasteiger partial charge >= 0.3 is 0 Å². The molecule has 0 spiro atoms. The molecule has 0 atom stereocenters.